The minimum absolute atomic E-state index is 0. The zero-order valence-corrected chi connectivity index (χ0v) is 19.7. The number of benzene rings is 1. The molecule has 0 aromatic heterocycles. The first-order chi connectivity index (χ1) is 12.9. The predicted molar refractivity (Wildman–Crippen MR) is 123 cm³/mol. The molecule has 0 bridgehead atoms. The number of hydrogen-bond acceptors (Lipinski definition) is 3. The van der Waals surface area contributed by atoms with E-state index in [-0.39, 0.29) is 42.2 Å². The maximum atomic E-state index is 13.4. The van der Waals surface area contributed by atoms with Crippen molar-refractivity contribution < 1.29 is 9.18 Å². The number of carbonyl (C=O) groups is 1. The molecule has 1 aliphatic rings. The lowest BCUT2D eigenvalue weighted by Crippen LogP contribution is -2.53. The summed E-state index contributed by atoms with van der Waals surface area (Å²) in [6, 6.07) is 7.07. The average molecular weight is 505 g/mol. The largest absolute Gasteiger partial charge is 0.354 e. The topological polar surface area (TPSA) is 51.2 Å². The Balaban J connectivity index is 0.00000392. The van der Waals surface area contributed by atoms with Crippen LogP contribution in [-0.2, 0) is 11.3 Å². The maximum absolute atomic E-state index is 13.4. The Morgan fingerprint density at radius 2 is 1.96 bits per heavy atom. The second-order valence-corrected chi connectivity index (χ2v) is 7.27. The van der Waals surface area contributed by atoms with E-state index in [2.05, 4.69) is 34.0 Å². The van der Waals surface area contributed by atoms with Crippen LogP contribution in [0, 0.1) is 5.82 Å². The lowest BCUT2D eigenvalue weighted by atomic mass is 10.2. The normalized spacial score (nSPS) is 16.3. The van der Waals surface area contributed by atoms with E-state index in [1.54, 1.807) is 31.1 Å². The molecule has 8 heteroatoms. The predicted octanol–water partition coefficient (Wildman–Crippen LogP) is 2.39. The van der Waals surface area contributed by atoms with Gasteiger partial charge in [0.1, 0.15) is 12.4 Å². The van der Waals surface area contributed by atoms with Crippen LogP contribution < -0.4 is 5.32 Å². The number of rotatable bonds is 6. The fourth-order valence-corrected chi connectivity index (χ4v) is 2.85. The number of carbonyl (C=O) groups excluding carboxylic acids is 1. The molecule has 0 saturated carbocycles. The fraction of sp³-hybridized carbons (Fsp3) is 0.600. The zero-order chi connectivity index (χ0) is 19.8. The van der Waals surface area contributed by atoms with E-state index >= 15 is 0 Å². The van der Waals surface area contributed by atoms with Gasteiger partial charge in [0, 0.05) is 52.9 Å². The molecule has 2 rings (SSSR count). The minimum atomic E-state index is -0.191. The van der Waals surface area contributed by atoms with Gasteiger partial charge in [-0.1, -0.05) is 19.1 Å². The molecule has 0 spiro atoms. The fourth-order valence-electron chi connectivity index (χ4n) is 2.85. The van der Waals surface area contributed by atoms with Crippen LogP contribution in [0.3, 0.4) is 0 Å². The summed E-state index contributed by atoms with van der Waals surface area (Å²) in [5, 5.41) is 3.44. The molecule has 0 radical (unpaired) electrons. The number of nitrogens with one attached hydrogen (secondary N) is 1. The van der Waals surface area contributed by atoms with Crippen molar-refractivity contribution in [1.82, 2.24) is 20.0 Å². The highest BCUT2D eigenvalue weighted by Crippen LogP contribution is 2.10. The summed E-state index contributed by atoms with van der Waals surface area (Å²) in [4.78, 5) is 22.5. The molecule has 1 fully saturated rings. The number of likely N-dealkylation sites (N-methyl/N-ethyl adjacent to an activating group) is 1. The van der Waals surface area contributed by atoms with Gasteiger partial charge >= 0.3 is 0 Å². The second-order valence-electron chi connectivity index (χ2n) is 7.27. The van der Waals surface area contributed by atoms with Crippen LogP contribution in [0.5, 0.6) is 0 Å². The molecule has 158 valence electrons. The van der Waals surface area contributed by atoms with Crippen LogP contribution in [0.25, 0.3) is 0 Å². The summed E-state index contributed by atoms with van der Waals surface area (Å²) in [7, 11) is 3.48. The van der Waals surface area contributed by atoms with Crippen molar-refractivity contribution in [3.63, 3.8) is 0 Å². The van der Waals surface area contributed by atoms with Crippen LogP contribution in [0.4, 0.5) is 4.39 Å². The Hall–Kier alpha value is -1.42. The molecule has 6 nitrogen and oxygen atoms in total. The van der Waals surface area contributed by atoms with Gasteiger partial charge in [0.2, 0.25) is 5.91 Å². The Labute approximate surface area is 185 Å². The third-order valence-electron chi connectivity index (χ3n) is 4.82. The number of hydrogen-bond donors (Lipinski definition) is 1. The first-order valence-electron chi connectivity index (χ1n) is 9.62. The summed E-state index contributed by atoms with van der Waals surface area (Å²) >= 11 is 0. The van der Waals surface area contributed by atoms with E-state index in [1.165, 1.54) is 6.07 Å². The quantitative estimate of drug-likeness (QED) is 0.367. The van der Waals surface area contributed by atoms with Gasteiger partial charge in [-0.05, 0) is 31.0 Å². The lowest BCUT2D eigenvalue weighted by Gasteiger charge is -2.37. The van der Waals surface area contributed by atoms with E-state index in [1.807, 2.05) is 6.07 Å². The number of amides is 1. The molecular formula is C20H33FIN5O. The molecule has 1 amide bonds. The van der Waals surface area contributed by atoms with E-state index in [0.29, 0.717) is 6.04 Å². The highest BCUT2D eigenvalue weighted by atomic mass is 127. The van der Waals surface area contributed by atoms with Gasteiger partial charge in [-0.2, -0.15) is 0 Å². The number of nitrogens with zero attached hydrogens (tertiary/aromatic N) is 4. The standard InChI is InChI=1S/C20H32FN5O.HI/c1-5-16(2)23-20(22-14-19(27)24(3)4)26-11-9-25(10-12-26)15-17-7-6-8-18(21)13-17;/h6-8,13,16H,5,9-12,14-15H2,1-4H3,(H,22,23);1H. The van der Waals surface area contributed by atoms with Crippen molar-refractivity contribution in [3.8, 4) is 0 Å². The Bertz CT molecular complexity index is 647. The van der Waals surface area contributed by atoms with E-state index in [9.17, 15) is 9.18 Å². The maximum Gasteiger partial charge on any atom is 0.243 e. The Kier molecular flexibility index (Phi) is 10.7. The number of aliphatic imine (C=N–C) groups is 1. The number of guanidine groups is 1. The van der Waals surface area contributed by atoms with Crippen molar-refractivity contribution >= 4 is 35.8 Å². The zero-order valence-electron chi connectivity index (χ0n) is 17.3. The third kappa shape index (κ3) is 7.90. The van der Waals surface area contributed by atoms with Crippen LogP contribution in [0.15, 0.2) is 29.3 Å². The molecule has 1 atom stereocenters. The second kappa shape index (κ2) is 12.2. The molecule has 28 heavy (non-hydrogen) atoms. The van der Waals surface area contributed by atoms with Crippen molar-refractivity contribution in [1.29, 1.82) is 0 Å². The van der Waals surface area contributed by atoms with Gasteiger partial charge < -0.3 is 15.1 Å². The van der Waals surface area contributed by atoms with Gasteiger partial charge in [-0.15, -0.1) is 24.0 Å². The molecule has 1 aliphatic heterocycles. The van der Waals surface area contributed by atoms with Crippen molar-refractivity contribution in [3.05, 3.63) is 35.6 Å². The van der Waals surface area contributed by atoms with Crippen LogP contribution in [-0.4, -0.2) is 79.4 Å². The monoisotopic (exact) mass is 505 g/mol. The molecule has 1 aromatic carbocycles. The number of halogens is 2. The summed E-state index contributed by atoms with van der Waals surface area (Å²) in [5.41, 5.74) is 0.992. The molecule has 1 N–H and O–H groups in total. The molecule has 1 heterocycles. The van der Waals surface area contributed by atoms with Crippen LogP contribution in [0.1, 0.15) is 25.8 Å². The minimum Gasteiger partial charge on any atom is -0.354 e. The summed E-state index contributed by atoms with van der Waals surface area (Å²) in [5.74, 6) is 0.594. The average Bonchev–Trinajstić information content (AvgIpc) is 2.65. The van der Waals surface area contributed by atoms with E-state index < -0.39 is 0 Å². The molecule has 1 aromatic rings. The Morgan fingerprint density at radius 3 is 2.54 bits per heavy atom. The van der Waals surface area contributed by atoms with Gasteiger partial charge in [-0.3, -0.25) is 9.69 Å². The molecule has 1 unspecified atom stereocenters. The molecular weight excluding hydrogens is 472 g/mol. The molecule has 1 saturated heterocycles. The number of piperazine rings is 1. The lowest BCUT2D eigenvalue weighted by molar-refractivity contribution is -0.127. The van der Waals surface area contributed by atoms with Crippen LogP contribution in [0.2, 0.25) is 0 Å². The van der Waals surface area contributed by atoms with E-state index in [4.69, 9.17) is 0 Å². The first-order valence-corrected chi connectivity index (χ1v) is 9.62. The SMILES string of the molecule is CCC(C)NC(=NCC(=O)N(C)C)N1CCN(Cc2cccc(F)c2)CC1.I. The van der Waals surface area contributed by atoms with Crippen molar-refractivity contribution in [2.24, 2.45) is 4.99 Å². The smallest absolute Gasteiger partial charge is 0.243 e. The molecule has 0 aliphatic carbocycles. The summed E-state index contributed by atoms with van der Waals surface area (Å²) in [6.45, 7) is 8.53. The highest BCUT2D eigenvalue weighted by Gasteiger charge is 2.21. The van der Waals surface area contributed by atoms with Crippen molar-refractivity contribution in [2.45, 2.75) is 32.9 Å². The van der Waals surface area contributed by atoms with Gasteiger partial charge in [0.15, 0.2) is 5.96 Å². The Morgan fingerprint density at radius 1 is 1.29 bits per heavy atom. The van der Waals surface area contributed by atoms with Gasteiger partial charge in [0.05, 0.1) is 0 Å². The highest BCUT2D eigenvalue weighted by molar-refractivity contribution is 14.0. The summed E-state index contributed by atoms with van der Waals surface area (Å²) < 4.78 is 13.4. The third-order valence-corrected chi connectivity index (χ3v) is 4.82. The first kappa shape index (κ1) is 24.6. The van der Waals surface area contributed by atoms with Gasteiger partial charge in [0.25, 0.3) is 0 Å². The van der Waals surface area contributed by atoms with Crippen molar-refractivity contribution in [2.75, 3.05) is 46.8 Å². The van der Waals surface area contributed by atoms with E-state index in [0.717, 1.165) is 50.7 Å². The summed E-state index contributed by atoms with van der Waals surface area (Å²) in [6.07, 6.45) is 0.986. The van der Waals surface area contributed by atoms with Gasteiger partial charge in [-0.25, -0.2) is 9.38 Å². The van der Waals surface area contributed by atoms with Crippen LogP contribution >= 0.6 is 24.0 Å².